The molecule has 180 valence electrons. The molecule has 3 heterocycles. The molecule has 0 saturated carbocycles. The molecule has 10 heteroatoms. The number of anilines is 1. The Hall–Kier alpha value is -3.60. The smallest absolute Gasteiger partial charge is 0.263 e. The summed E-state index contributed by atoms with van der Waals surface area (Å²) in [6.07, 6.45) is 1.65. The van der Waals surface area contributed by atoms with Crippen LogP contribution in [0, 0.1) is 6.92 Å². The molecule has 5 aromatic rings. The highest BCUT2D eigenvalue weighted by atomic mass is 32.2. The van der Waals surface area contributed by atoms with Gasteiger partial charge in [-0.15, -0.1) is 17.9 Å². The fourth-order valence-corrected chi connectivity index (χ4v) is 6.23. The summed E-state index contributed by atoms with van der Waals surface area (Å²) in [7, 11) is 0. The average molecular weight is 532 g/mol. The first kappa shape index (κ1) is 24.1. The highest BCUT2D eigenvalue weighted by molar-refractivity contribution is 7.99. The van der Waals surface area contributed by atoms with Gasteiger partial charge in [0, 0.05) is 23.1 Å². The molecule has 0 radical (unpaired) electrons. The fourth-order valence-electron chi connectivity index (χ4n) is 3.72. The summed E-state index contributed by atoms with van der Waals surface area (Å²) >= 11 is 3.86. The first-order valence-electron chi connectivity index (χ1n) is 11.1. The van der Waals surface area contributed by atoms with Crippen LogP contribution in [0.5, 0.6) is 0 Å². The second-order valence-electron chi connectivity index (χ2n) is 7.87. The van der Waals surface area contributed by atoms with Gasteiger partial charge >= 0.3 is 0 Å². The molecule has 0 aliphatic heterocycles. The summed E-state index contributed by atoms with van der Waals surface area (Å²) in [6.45, 7) is 6.09. The van der Waals surface area contributed by atoms with E-state index >= 15 is 0 Å². The van der Waals surface area contributed by atoms with Crippen molar-refractivity contribution in [3.05, 3.63) is 88.5 Å². The summed E-state index contributed by atoms with van der Waals surface area (Å²) in [5, 5.41) is 6.49. The maximum Gasteiger partial charge on any atom is 0.263 e. The molecule has 0 unspecified atom stereocenters. The highest BCUT2D eigenvalue weighted by Gasteiger charge is 2.18. The molecule has 2 aromatic carbocycles. The van der Waals surface area contributed by atoms with Gasteiger partial charge in [-0.25, -0.2) is 4.98 Å². The zero-order valence-corrected chi connectivity index (χ0v) is 21.8. The number of benzene rings is 2. The monoisotopic (exact) mass is 531 g/mol. The lowest BCUT2D eigenvalue weighted by molar-refractivity contribution is -0.113. The Kier molecular flexibility index (Phi) is 7.08. The van der Waals surface area contributed by atoms with Crippen molar-refractivity contribution in [2.45, 2.75) is 18.6 Å². The largest absolute Gasteiger partial charge is 0.293 e. The van der Waals surface area contributed by atoms with Gasteiger partial charge in [0.1, 0.15) is 9.84 Å². The number of hydrogen-bond acceptors (Lipinski definition) is 8. The molecule has 0 atom stereocenters. The molecule has 0 saturated heterocycles. The van der Waals surface area contributed by atoms with Crippen molar-refractivity contribution in [1.82, 2.24) is 18.9 Å². The van der Waals surface area contributed by atoms with Crippen LogP contribution >= 0.6 is 34.6 Å². The molecule has 0 aliphatic carbocycles. The van der Waals surface area contributed by atoms with Crippen molar-refractivity contribution in [1.29, 1.82) is 0 Å². The van der Waals surface area contributed by atoms with E-state index in [1.54, 1.807) is 10.6 Å². The maximum atomic E-state index is 13.4. The van der Waals surface area contributed by atoms with Crippen molar-refractivity contribution in [3.63, 3.8) is 0 Å². The standard InChI is InChI=1S/C26H21N5O2S3/c1-3-13-31-24(33)21-19(17-10-5-4-6-11-17)14-34-23(21)29-26(31)35-15-20(32)27-25-28-22(36-30-25)18-12-8-7-9-16(18)2/h3-12,14H,1,13,15H2,2H3,(H,27,30,32). The Labute approximate surface area is 219 Å². The van der Waals surface area contributed by atoms with Gasteiger partial charge < -0.3 is 0 Å². The quantitative estimate of drug-likeness (QED) is 0.153. The summed E-state index contributed by atoms with van der Waals surface area (Å²) < 4.78 is 5.83. The highest BCUT2D eigenvalue weighted by Crippen LogP contribution is 2.32. The molecular formula is C26H21N5O2S3. The van der Waals surface area contributed by atoms with Crippen molar-refractivity contribution >= 4 is 56.7 Å². The lowest BCUT2D eigenvalue weighted by Gasteiger charge is -2.10. The Bertz CT molecular complexity index is 1620. The Balaban J connectivity index is 1.36. The van der Waals surface area contributed by atoms with Crippen LogP contribution in [0.15, 0.2) is 82.6 Å². The van der Waals surface area contributed by atoms with Crippen LogP contribution in [0.2, 0.25) is 0 Å². The van der Waals surface area contributed by atoms with Gasteiger partial charge in [-0.3, -0.25) is 19.5 Å². The fraction of sp³-hybridized carbons (Fsp3) is 0.115. The van der Waals surface area contributed by atoms with E-state index in [0.717, 1.165) is 27.3 Å². The molecule has 1 amide bonds. The lowest BCUT2D eigenvalue weighted by atomic mass is 10.1. The van der Waals surface area contributed by atoms with Crippen LogP contribution < -0.4 is 10.9 Å². The van der Waals surface area contributed by atoms with E-state index in [-0.39, 0.29) is 23.2 Å². The predicted molar refractivity (Wildman–Crippen MR) is 149 cm³/mol. The summed E-state index contributed by atoms with van der Waals surface area (Å²) in [5.74, 6) is 0.0524. The summed E-state index contributed by atoms with van der Waals surface area (Å²) in [6, 6.07) is 17.7. The van der Waals surface area contributed by atoms with Crippen LogP contribution in [-0.4, -0.2) is 30.6 Å². The Morgan fingerprint density at radius 3 is 2.67 bits per heavy atom. The minimum absolute atomic E-state index is 0.0604. The SMILES string of the molecule is C=CCn1c(SCC(=O)Nc2nsc(-c3ccccc3C)n2)nc2scc(-c3ccccc3)c2c1=O. The van der Waals surface area contributed by atoms with Gasteiger partial charge in [0.25, 0.3) is 5.56 Å². The number of nitrogens with zero attached hydrogens (tertiary/aromatic N) is 4. The van der Waals surface area contributed by atoms with Crippen LogP contribution in [0.4, 0.5) is 5.95 Å². The number of aromatic nitrogens is 4. The van der Waals surface area contributed by atoms with E-state index in [4.69, 9.17) is 4.98 Å². The van der Waals surface area contributed by atoms with E-state index in [0.29, 0.717) is 21.9 Å². The number of thiophene rings is 1. The van der Waals surface area contributed by atoms with Gasteiger partial charge in [-0.05, 0) is 29.6 Å². The molecule has 7 nitrogen and oxygen atoms in total. The molecule has 1 N–H and O–H groups in total. The maximum absolute atomic E-state index is 13.4. The Morgan fingerprint density at radius 2 is 1.89 bits per heavy atom. The van der Waals surface area contributed by atoms with Gasteiger partial charge in [0.05, 0.1) is 11.1 Å². The number of rotatable bonds is 8. The molecule has 36 heavy (non-hydrogen) atoms. The first-order chi connectivity index (χ1) is 17.5. The molecule has 0 aliphatic rings. The van der Waals surface area contributed by atoms with E-state index in [9.17, 15) is 9.59 Å². The van der Waals surface area contributed by atoms with Crippen molar-refractivity contribution in [2.75, 3.05) is 11.1 Å². The normalized spacial score (nSPS) is 11.0. The number of fused-ring (bicyclic) bond motifs is 1. The van der Waals surface area contributed by atoms with E-state index in [1.165, 1.54) is 34.6 Å². The molecule has 3 aromatic heterocycles. The third kappa shape index (κ3) is 4.88. The van der Waals surface area contributed by atoms with Crippen molar-refractivity contribution in [3.8, 4) is 21.7 Å². The Morgan fingerprint density at radius 1 is 1.11 bits per heavy atom. The van der Waals surface area contributed by atoms with Gasteiger partial charge in [-0.2, -0.15) is 9.36 Å². The zero-order valence-electron chi connectivity index (χ0n) is 19.3. The molecule has 5 rings (SSSR count). The number of amides is 1. The number of nitrogens with one attached hydrogen (secondary N) is 1. The number of allylic oxidation sites excluding steroid dienone is 1. The topological polar surface area (TPSA) is 89.8 Å². The van der Waals surface area contributed by atoms with E-state index < -0.39 is 0 Å². The van der Waals surface area contributed by atoms with Gasteiger partial charge in [0.15, 0.2) is 5.16 Å². The first-order valence-corrected chi connectivity index (χ1v) is 13.7. The molecule has 0 bridgehead atoms. The summed E-state index contributed by atoms with van der Waals surface area (Å²) in [4.78, 5) is 35.9. The van der Waals surface area contributed by atoms with E-state index in [1.807, 2.05) is 66.9 Å². The minimum Gasteiger partial charge on any atom is -0.293 e. The molecular weight excluding hydrogens is 511 g/mol. The third-order valence-corrected chi connectivity index (χ3v) is 8.04. The predicted octanol–water partition coefficient (Wildman–Crippen LogP) is 5.87. The number of hydrogen-bond donors (Lipinski definition) is 1. The number of aryl methyl sites for hydroxylation is 1. The van der Waals surface area contributed by atoms with Gasteiger partial charge in [0.2, 0.25) is 11.9 Å². The number of thioether (sulfide) groups is 1. The van der Waals surface area contributed by atoms with Crippen LogP contribution in [0.3, 0.4) is 0 Å². The minimum atomic E-state index is -0.273. The number of carbonyl (C=O) groups excluding carboxylic acids is 1. The lowest BCUT2D eigenvalue weighted by Crippen LogP contribution is -2.23. The average Bonchev–Trinajstić information content (AvgIpc) is 3.53. The number of carbonyl (C=O) groups is 1. The van der Waals surface area contributed by atoms with Crippen LogP contribution in [0.1, 0.15) is 5.56 Å². The summed E-state index contributed by atoms with van der Waals surface area (Å²) in [5.41, 5.74) is 3.76. The van der Waals surface area contributed by atoms with Gasteiger partial charge in [-0.1, -0.05) is 72.4 Å². The third-order valence-electron chi connectivity index (χ3n) is 5.44. The van der Waals surface area contributed by atoms with Crippen LogP contribution in [0.25, 0.3) is 31.9 Å². The second kappa shape index (κ2) is 10.6. The van der Waals surface area contributed by atoms with Crippen molar-refractivity contribution in [2.24, 2.45) is 0 Å². The molecule has 0 fully saturated rings. The van der Waals surface area contributed by atoms with E-state index in [2.05, 4.69) is 21.3 Å². The molecule has 0 spiro atoms. The van der Waals surface area contributed by atoms with Crippen molar-refractivity contribution < 1.29 is 4.79 Å². The van der Waals surface area contributed by atoms with Crippen LogP contribution in [-0.2, 0) is 11.3 Å². The second-order valence-corrected chi connectivity index (χ2v) is 10.4. The zero-order chi connectivity index (χ0) is 25.1.